The van der Waals surface area contributed by atoms with Crippen LogP contribution >= 0.6 is 23.2 Å². The molecular weight excluding hydrogens is 185 g/mol. The Bertz CT molecular complexity index is 275. The molecule has 11 heavy (non-hydrogen) atoms. The number of aromatic nitrogens is 1. The van der Waals surface area contributed by atoms with Crippen molar-refractivity contribution in [3.63, 3.8) is 0 Å². The fraction of sp³-hybridized carbons (Fsp3) is 0.143. The molecule has 0 saturated heterocycles. The van der Waals surface area contributed by atoms with Crippen LogP contribution in [0.25, 0.3) is 0 Å². The van der Waals surface area contributed by atoms with Gasteiger partial charge in [0.25, 0.3) is 5.24 Å². The van der Waals surface area contributed by atoms with Gasteiger partial charge in [0.15, 0.2) is 0 Å². The minimum Gasteiger partial charge on any atom is -0.274 e. The molecule has 4 heteroatoms. The second-order valence-corrected chi connectivity index (χ2v) is 2.57. The van der Waals surface area contributed by atoms with Crippen LogP contribution in [0, 0.1) is 0 Å². The van der Waals surface area contributed by atoms with E-state index in [4.69, 9.17) is 23.2 Å². The zero-order valence-electron chi connectivity index (χ0n) is 5.55. The summed E-state index contributed by atoms with van der Waals surface area (Å²) in [6.07, 6.45) is 1.51. The number of halogens is 2. The van der Waals surface area contributed by atoms with E-state index in [1.54, 1.807) is 12.1 Å². The van der Waals surface area contributed by atoms with Crippen molar-refractivity contribution in [1.82, 2.24) is 4.98 Å². The van der Waals surface area contributed by atoms with Gasteiger partial charge in [-0.25, -0.2) is 0 Å². The van der Waals surface area contributed by atoms with Crippen LogP contribution in [0.5, 0.6) is 0 Å². The summed E-state index contributed by atoms with van der Waals surface area (Å²) in [5.41, 5.74) is 1.08. The van der Waals surface area contributed by atoms with Crippen LogP contribution in [-0.2, 0) is 5.88 Å². The highest BCUT2D eigenvalue weighted by molar-refractivity contribution is 6.67. The van der Waals surface area contributed by atoms with Gasteiger partial charge >= 0.3 is 0 Å². The summed E-state index contributed by atoms with van der Waals surface area (Å²) in [6, 6.07) is 3.30. The maximum atomic E-state index is 10.6. The SMILES string of the molecule is O=C(Cl)c1cc(CCl)ccn1. The van der Waals surface area contributed by atoms with E-state index in [1.165, 1.54) is 6.20 Å². The number of rotatable bonds is 2. The van der Waals surface area contributed by atoms with Gasteiger partial charge in [0.1, 0.15) is 5.69 Å². The van der Waals surface area contributed by atoms with E-state index < -0.39 is 5.24 Å². The van der Waals surface area contributed by atoms with Crippen LogP contribution in [-0.4, -0.2) is 10.2 Å². The number of alkyl halides is 1. The normalized spacial score (nSPS) is 9.64. The predicted molar refractivity (Wildman–Crippen MR) is 44.0 cm³/mol. The van der Waals surface area contributed by atoms with Gasteiger partial charge in [-0.1, -0.05) is 0 Å². The zero-order valence-corrected chi connectivity index (χ0v) is 7.06. The third-order valence-electron chi connectivity index (χ3n) is 1.18. The third-order valence-corrected chi connectivity index (χ3v) is 1.68. The fourth-order valence-electron chi connectivity index (χ4n) is 0.665. The highest BCUT2D eigenvalue weighted by atomic mass is 35.5. The number of hydrogen-bond donors (Lipinski definition) is 0. The van der Waals surface area contributed by atoms with Gasteiger partial charge in [-0.3, -0.25) is 9.78 Å². The average molecular weight is 190 g/mol. The van der Waals surface area contributed by atoms with E-state index in [1.807, 2.05) is 0 Å². The monoisotopic (exact) mass is 189 g/mol. The Kier molecular flexibility index (Phi) is 2.85. The predicted octanol–water partition coefficient (Wildman–Crippen LogP) is 2.20. The van der Waals surface area contributed by atoms with Crippen LogP contribution in [0.15, 0.2) is 18.3 Å². The molecule has 1 aromatic heterocycles. The lowest BCUT2D eigenvalue weighted by Gasteiger charge is -1.95. The molecule has 2 nitrogen and oxygen atoms in total. The highest BCUT2D eigenvalue weighted by Gasteiger charge is 2.02. The smallest absolute Gasteiger partial charge is 0.270 e. The first-order valence-electron chi connectivity index (χ1n) is 2.95. The minimum absolute atomic E-state index is 0.241. The molecule has 0 radical (unpaired) electrons. The summed E-state index contributed by atoms with van der Waals surface area (Å²) in [5.74, 6) is 0.361. The fourth-order valence-corrected chi connectivity index (χ4v) is 0.934. The molecule has 0 saturated carbocycles. The van der Waals surface area contributed by atoms with Gasteiger partial charge in [0, 0.05) is 12.1 Å². The largest absolute Gasteiger partial charge is 0.274 e. The number of carbonyl (C=O) groups excluding carboxylic acids is 1. The molecule has 1 aromatic rings. The van der Waals surface area contributed by atoms with Crippen molar-refractivity contribution >= 4 is 28.4 Å². The summed E-state index contributed by atoms with van der Waals surface area (Å²) >= 11 is 10.7. The van der Waals surface area contributed by atoms with Crippen molar-refractivity contribution in [3.8, 4) is 0 Å². The van der Waals surface area contributed by atoms with Gasteiger partial charge in [0.05, 0.1) is 0 Å². The Morgan fingerprint density at radius 2 is 2.36 bits per heavy atom. The molecule has 0 N–H and O–H groups in total. The van der Waals surface area contributed by atoms with Crippen LogP contribution in [0.3, 0.4) is 0 Å². The summed E-state index contributed by atoms with van der Waals surface area (Å²) in [5, 5.41) is -0.558. The minimum atomic E-state index is -0.558. The summed E-state index contributed by atoms with van der Waals surface area (Å²) in [4.78, 5) is 14.3. The summed E-state index contributed by atoms with van der Waals surface area (Å²) in [7, 11) is 0. The van der Waals surface area contributed by atoms with Crippen LogP contribution in [0.4, 0.5) is 0 Å². The van der Waals surface area contributed by atoms with Crippen LogP contribution in [0.2, 0.25) is 0 Å². The van der Waals surface area contributed by atoms with Gasteiger partial charge in [-0.15, -0.1) is 11.6 Å². The zero-order chi connectivity index (χ0) is 8.27. The molecule has 58 valence electrons. The van der Waals surface area contributed by atoms with Crippen molar-refractivity contribution < 1.29 is 4.79 Å². The number of nitrogens with zero attached hydrogens (tertiary/aromatic N) is 1. The molecule has 0 amide bonds. The van der Waals surface area contributed by atoms with Crippen molar-refractivity contribution in [2.24, 2.45) is 0 Å². The molecule has 0 aliphatic carbocycles. The van der Waals surface area contributed by atoms with Crippen LogP contribution in [0.1, 0.15) is 16.1 Å². The Balaban J connectivity index is 3.01. The van der Waals surface area contributed by atoms with Gasteiger partial charge in [-0.05, 0) is 29.3 Å². The quantitative estimate of drug-likeness (QED) is 0.528. The van der Waals surface area contributed by atoms with Crippen molar-refractivity contribution in [3.05, 3.63) is 29.6 Å². The molecule has 0 aliphatic rings. The number of hydrogen-bond acceptors (Lipinski definition) is 2. The van der Waals surface area contributed by atoms with E-state index in [-0.39, 0.29) is 5.69 Å². The Hall–Kier alpha value is -0.600. The van der Waals surface area contributed by atoms with E-state index in [9.17, 15) is 4.79 Å². The molecular formula is C7H5Cl2NO. The molecule has 0 aromatic carbocycles. The van der Waals surface area contributed by atoms with Gasteiger partial charge < -0.3 is 0 Å². The standard InChI is InChI=1S/C7H5Cl2NO/c8-4-5-1-2-10-6(3-5)7(9)11/h1-3H,4H2. The molecule has 1 rings (SSSR count). The lowest BCUT2D eigenvalue weighted by atomic mass is 10.2. The Morgan fingerprint density at radius 3 is 2.91 bits per heavy atom. The lowest BCUT2D eigenvalue weighted by molar-refractivity contribution is 0.107. The maximum Gasteiger partial charge on any atom is 0.270 e. The topological polar surface area (TPSA) is 30.0 Å². The van der Waals surface area contributed by atoms with Crippen molar-refractivity contribution in [1.29, 1.82) is 0 Å². The lowest BCUT2D eigenvalue weighted by Crippen LogP contribution is -1.94. The van der Waals surface area contributed by atoms with Crippen molar-refractivity contribution in [2.45, 2.75) is 5.88 Å². The van der Waals surface area contributed by atoms with E-state index >= 15 is 0 Å². The highest BCUT2D eigenvalue weighted by Crippen LogP contribution is 2.06. The molecule has 0 aliphatic heterocycles. The molecule has 0 unspecified atom stereocenters. The molecule has 0 spiro atoms. The maximum absolute atomic E-state index is 10.6. The third kappa shape index (κ3) is 2.17. The second kappa shape index (κ2) is 3.69. The van der Waals surface area contributed by atoms with E-state index in [0.717, 1.165) is 5.56 Å². The van der Waals surface area contributed by atoms with E-state index in [2.05, 4.69) is 4.98 Å². The first-order valence-corrected chi connectivity index (χ1v) is 3.86. The number of pyridine rings is 1. The number of carbonyl (C=O) groups is 1. The first-order chi connectivity index (χ1) is 5.24. The summed E-state index contributed by atoms with van der Waals surface area (Å²) < 4.78 is 0. The van der Waals surface area contributed by atoms with E-state index in [0.29, 0.717) is 5.88 Å². The second-order valence-electron chi connectivity index (χ2n) is 1.96. The average Bonchev–Trinajstić information content (AvgIpc) is 2.05. The molecule has 0 atom stereocenters. The Labute approximate surface area is 74.1 Å². The molecule has 0 fully saturated rings. The van der Waals surface area contributed by atoms with Gasteiger partial charge in [-0.2, -0.15) is 0 Å². The molecule has 1 heterocycles. The first kappa shape index (κ1) is 8.50. The van der Waals surface area contributed by atoms with Crippen LogP contribution < -0.4 is 0 Å². The summed E-state index contributed by atoms with van der Waals surface area (Å²) in [6.45, 7) is 0. The van der Waals surface area contributed by atoms with Gasteiger partial charge in [0.2, 0.25) is 0 Å². The molecule has 0 bridgehead atoms. The Morgan fingerprint density at radius 1 is 1.64 bits per heavy atom. The van der Waals surface area contributed by atoms with Crippen molar-refractivity contribution in [2.75, 3.05) is 0 Å².